The van der Waals surface area contributed by atoms with Crippen LogP contribution in [0.3, 0.4) is 0 Å². The number of carbonyl (C=O) groups is 1. The molecule has 1 aliphatic heterocycles. The second kappa shape index (κ2) is 6.94. The van der Waals surface area contributed by atoms with Crippen molar-refractivity contribution in [2.24, 2.45) is 7.05 Å². The number of aryl methyl sites for hydroxylation is 1. The maximum atomic E-state index is 12.5. The Morgan fingerprint density at radius 1 is 1.58 bits per heavy atom. The number of amides is 2. The molecular formula is C17H24N4O2S. The van der Waals surface area contributed by atoms with Gasteiger partial charge in [0.2, 0.25) is 0 Å². The minimum absolute atomic E-state index is 0.0319. The molecule has 2 aromatic rings. The summed E-state index contributed by atoms with van der Waals surface area (Å²) in [5.74, 6) is 0.311. The molecule has 1 fully saturated rings. The molecular weight excluding hydrogens is 324 g/mol. The summed E-state index contributed by atoms with van der Waals surface area (Å²) in [5.41, 5.74) is 1.75. The molecule has 1 saturated heterocycles. The van der Waals surface area contributed by atoms with Gasteiger partial charge >= 0.3 is 6.03 Å². The van der Waals surface area contributed by atoms with Crippen LogP contribution in [-0.4, -0.2) is 47.0 Å². The van der Waals surface area contributed by atoms with E-state index in [2.05, 4.69) is 34.2 Å². The molecule has 3 rings (SSSR count). The minimum Gasteiger partial charge on any atom is -0.367 e. The number of nitrogens with one attached hydrogen (secondary N) is 1. The van der Waals surface area contributed by atoms with Gasteiger partial charge in [-0.3, -0.25) is 4.68 Å². The van der Waals surface area contributed by atoms with E-state index in [1.807, 2.05) is 25.1 Å². The van der Waals surface area contributed by atoms with Crippen molar-refractivity contribution in [3.8, 4) is 0 Å². The molecule has 2 aromatic heterocycles. The molecule has 0 unspecified atom stereocenters. The highest BCUT2D eigenvalue weighted by molar-refractivity contribution is 7.07. The van der Waals surface area contributed by atoms with Gasteiger partial charge in [-0.2, -0.15) is 16.4 Å². The third-order valence-corrected chi connectivity index (χ3v) is 5.25. The van der Waals surface area contributed by atoms with Gasteiger partial charge in [-0.1, -0.05) is 6.92 Å². The second-order valence-electron chi connectivity index (χ2n) is 6.55. The van der Waals surface area contributed by atoms with E-state index in [1.54, 1.807) is 22.2 Å². The Hall–Kier alpha value is -1.86. The summed E-state index contributed by atoms with van der Waals surface area (Å²) < 4.78 is 7.71. The van der Waals surface area contributed by atoms with Crippen molar-refractivity contribution in [3.05, 3.63) is 40.3 Å². The standard InChI is InChI=1S/C17H24N4O2S/c1-13(14-4-7-24-11-14)8-18-16(22)21-5-6-23-17(2,12-21)15-9-19-20(3)10-15/h4,7,9-11,13H,5-6,8,12H2,1-3H3,(H,18,22)/t13-,17+/m0/s1. The highest BCUT2D eigenvalue weighted by atomic mass is 32.1. The van der Waals surface area contributed by atoms with Crippen LogP contribution in [0.15, 0.2) is 29.2 Å². The van der Waals surface area contributed by atoms with Gasteiger partial charge in [0, 0.05) is 31.9 Å². The van der Waals surface area contributed by atoms with Gasteiger partial charge in [0.1, 0.15) is 5.60 Å². The average molecular weight is 348 g/mol. The van der Waals surface area contributed by atoms with E-state index in [0.29, 0.717) is 32.2 Å². The summed E-state index contributed by atoms with van der Waals surface area (Å²) in [6.45, 7) is 6.43. The molecule has 3 heterocycles. The molecule has 130 valence electrons. The highest BCUT2D eigenvalue weighted by Crippen LogP contribution is 2.29. The third-order valence-electron chi connectivity index (χ3n) is 4.55. The Morgan fingerprint density at radius 3 is 3.08 bits per heavy atom. The maximum Gasteiger partial charge on any atom is 0.317 e. The minimum atomic E-state index is -0.511. The number of thiophene rings is 1. The van der Waals surface area contributed by atoms with Gasteiger partial charge in [0.25, 0.3) is 0 Å². The van der Waals surface area contributed by atoms with Crippen molar-refractivity contribution in [2.45, 2.75) is 25.4 Å². The van der Waals surface area contributed by atoms with Crippen molar-refractivity contribution in [1.29, 1.82) is 0 Å². The molecule has 0 aliphatic carbocycles. The Kier molecular flexibility index (Phi) is 4.91. The molecule has 0 saturated carbocycles. The molecule has 1 N–H and O–H groups in total. The number of carbonyl (C=O) groups excluding carboxylic acids is 1. The fraction of sp³-hybridized carbons (Fsp3) is 0.529. The van der Waals surface area contributed by atoms with E-state index >= 15 is 0 Å². The molecule has 0 aromatic carbocycles. The van der Waals surface area contributed by atoms with Crippen LogP contribution >= 0.6 is 11.3 Å². The quantitative estimate of drug-likeness (QED) is 0.924. The number of morpholine rings is 1. The first-order valence-electron chi connectivity index (χ1n) is 8.16. The van der Waals surface area contributed by atoms with Crippen molar-refractivity contribution in [1.82, 2.24) is 20.0 Å². The number of rotatable bonds is 4. The smallest absolute Gasteiger partial charge is 0.317 e. The zero-order chi connectivity index (χ0) is 17.2. The first-order chi connectivity index (χ1) is 11.5. The Morgan fingerprint density at radius 2 is 2.42 bits per heavy atom. The summed E-state index contributed by atoms with van der Waals surface area (Å²) >= 11 is 1.68. The number of aromatic nitrogens is 2. The van der Waals surface area contributed by atoms with E-state index in [1.165, 1.54) is 5.56 Å². The van der Waals surface area contributed by atoms with Gasteiger partial charge in [-0.25, -0.2) is 4.79 Å². The molecule has 24 heavy (non-hydrogen) atoms. The fourth-order valence-corrected chi connectivity index (χ4v) is 3.72. The first-order valence-corrected chi connectivity index (χ1v) is 9.10. The number of ether oxygens (including phenoxy) is 1. The molecule has 7 heteroatoms. The molecule has 2 amide bonds. The van der Waals surface area contributed by atoms with Crippen LogP contribution in [0, 0.1) is 0 Å². The fourth-order valence-electron chi connectivity index (χ4n) is 2.94. The van der Waals surface area contributed by atoms with Gasteiger partial charge in [-0.05, 0) is 35.2 Å². The van der Waals surface area contributed by atoms with Gasteiger partial charge in [-0.15, -0.1) is 0 Å². The van der Waals surface area contributed by atoms with Crippen molar-refractivity contribution >= 4 is 17.4 Å². The summed E-state index contributed by atoms with van der Waals surface area (Å²) in [7, 11) is 1.88. The Bertz CT molecular complexity index is 685. The number of urea groups is 1. The van der Waals surface area contributed by atoms with Crippen LogP contribution in [-0.2, 0) is 17.4 Å². The summed E-state index contributed by atoms with van der Waals surface area (Å²) in [4.78, 5) is 14.4. The number of hydrogen-bond donors (Lipinski definition) is 1. The molecule has 0 radical (unpaired) electrons. The number of nitrogens with zero attached hydrogens (tertiary/aromatic N) is 3. The summed E-state index contributed by atoms with van der Waals surface area (Å²) in [6.07, 6.45) is 3.75. The maximum absolute atomic E-state index is 12.5. The predicted molar refractivity (Wildman–Crippen MR) is 94.2 cm³/mol. The van der Waals surface area contributed by atoms with Crippen LogP contribution < -0.4 is 5.32 Å². The van der Waals surface area contributed by atoms with E-state index < -0.39 is 5.60 Å². The van der Waals surface area contributed by atoms with Crippen molar-refractivity contribution < 1.29 is 9.53 Å². The van der Waals surface area contributed by atoms with E-state index in [4.69, 9.17) is 4.74 Å². The summed E-state index contributed by atoms with van der Waals surface area (Å²) in [5, 5.41) is 11.5. The molecule has 0 spiro atoms. The lowest BCUT2D eigenvalue weighted by molar-refractivity contribution is -0.0906. The van der Waals surface area contributed by atoms with Crippen molar-refractivity contribution in [2.75, 3.05) is 26.2 Å². The van der Waals surface area contributed by atoms with Gasteiger partial charge < -0.3 is 15.0 Å². The third kappa shape index (κ3) is 3.62. The molecule has 0 bridgehead atoms. The van der Waals surface area contributed by atoms with Crippen LogP contribution in [0.5, 0.6) is 0 Å². The monoisotopic (exact) mass is 348 g/mol. The zero-order valence-electron chi connectivity index (χ0n) is 14.4. The predicted octanol–water partition coefficient (Wildman–Crippen LogP) is 2.54. The largest absolute Gasteiger partial charge is 0.367 e. The highest BCUT2D eigenvalue weighted by Gasteiger charge is 2.36. The lowest BCUT2D eigenvalue weighted by atomic mass is 9.97. The normalized spacial score (nSPS) is 22.4. The number of hydrogen-bond acceptors (Lipinski definition) is 4. The molecule has 2 atom stereocenters. The van der Waals surface area contributed by atoms with Crippen LogP contribution in [0.25, 0.3) is 0 Å². The SMILES string of the molecule is C[C@@H](CNC(=O)N1CCO[C@@](C)(c2cnn(C)c2)C1)c1ccsc1. The van der Waals surface area contributed by atoms with E-state index in [-0.39, 0.29) is 6.03 Å². The zero-order valence-corrected chi connectivity index (χ0v) is 15.2. The molecule has 1 aliphatic rings. The van der Waals surface area contributed by atoms with Gasteiger partial charge in [0.15, 0.2) is 0 Å². The van der Waals surface area contributed by atoms with E-state index in [9.17, 15) is 4.79 Å². The second-order valence-corrected chi connectivity index (χ2v) is 7.33. The summed E-state index contributed by atoms with van der Waals surface area (Å²) in [6, 6.07) is 2.07. The first kappa shape index (κ1) is 17.0. The van der Waals surface area contributed by atoms with Crippen LogP contribution in [0.2, 0.25) is 0 Å². The Labute approximate surface area is 146 Å². The topological polar surface area (TPSA) is 59.4 Å². The van der Waals surface area contributed by atoms with Crippen LogP contribution in [0.1, 0.15) is 30.9 Å². The lowest BCUT2D eigenvalue weighted by Gasteiger charge is -2.40. The molecule has 6 nitrogen and oxygen atoms in total. The van der Waals surface area contributed by atoms with E-state index in [0.717, 1.165) is 5.56 Å². The Balaban J connectivity index is 1.59. The van der Waals surface area contributed by atoms with Crippen molar-refractivity contribution in [3.63, 3.8) is 0 Å². The van der Waals surface area contributed by atoms with Crippen LogP contribution in [0.4, 0.5) is 4.79 Å². The average Bonchev–Trinajstić information content (AvgIpc) is 3.24. The lowest BCUT2D eigenvalue weighted by Crippen LogP contribution is -2.53. The van der Waals surface area contributed by atoms with Gasteiger partial charge in [0.05, 0.1) is 19.3 Å².